The smallest absolute Gasteiger partial charge is 0.195 e. The van der Waals surface area contributed by atoms with E-state index in [1.165, 1.54) is 12.1 Å². The minimum Gasteiger partial charge on any atom is -0.353 e. The first-order valence-electron chi connectivity index (χ1n) is 8.93. The van der Waals surface area contributed by atoms with Gasteiger partial charge in [0.25, 0.3) is 0 Å². The van der Waals surface area contributed by atoms with E-state index in [1.54, 1.807) is 38.4 Å². The average Bonchev–Trinajstić information content (AvgIpc) is 2.66. The van der Waals surface area contributed by atoms with Gasteiger partial charge in [0.1, 0.15) is 11.6 Å². The van der Waals surface area contributed by atoms with Crippen LogP contribution in [-0.2, 0) is 0 Å². The summed E-state index contributed by atoms with van der Waals surface area (Å²) >= 11 is 0. The highest BCUT2D eigenvalue weighted by Gasteiger charge is 2.25. The number of aromatic nitrogens is 1. The van der Waals surface area contributed by atoms with Gasteiger partial charge < -0.3 is 10.6 Å². The highest BCUT2D eigenvalue weighted by atomic mass is 19.1. The van der Waals surface area contributed by atoms with E-state index in [0.29, 0.717) is 11.7 Å². The summed E-state index contributed by atoms with van der Waals surface area (Å²) in [6, 6.07) is 8.25. The second-order valence-corrected chi connectivity index (χ2v) is 6.70. The van der Waals surface area contributed by atoms with Crippen LogP contribution in [0.2, 0.25) is 0 Å². The van der Waals surface area contributed by atoms with Crippen LogP contribution in [0.25, 0.3) is 0 Å². The Hall–Kier alpha value is -2.50. The fourth-order valence-corrected chi connectivity index (χ4v) is 3.45. The van der Waals surface area contributed by atoms with Crippen LogP contribution in [0.15, 0.2) is 41.5 Å². The molecule has 0 atom stereocenters. The van der Waals surface area contributed by atoms with Crippen LogP contribution in [0, 0.1) is 18.6 Å². The predicted octanol–water partition coefficient (Wildman–Crippen LogP) is 4.38. The van der Waals surface area contributed by atoms with Crippen LogP contribution < -0.4 is 10.6 Å². The van der Waals surface area contributed by atoms with Crippen molar-refractivity contribution in [1.82, 2.24) is 10.3 Å². The van der Waals surface area contributed by atoms with Gasteiger partial charge in [0, 0.05) is 25.0 Å². The first kappa shape index (κ1) is 18.3. The number of aryl methyl sites for hydroxylation is 1. The number of nitrogens with zero attached hydrogens (tertiary/aromatic N) is 2. The highest BCUT2D eigenvalue weighted by molar-refractivity contribution is 5.93. The zero-order valence-corrected chi connectivity index (χ0v) is 15.1. The number of nitrogens with one attached hydrogen (secondary N) is 2. The van der Waals surface area contributed by atoms with Crippen LogP contribution in [-0.4, -0.2) is 24.0 Å². The van der Waals surface area contributed by atoms with Gasteiger partial charge in [-0.2, -0.15) is 0 Å². The lowest BCUT2D eigenvalue weighted by Crippen LogP contribution is -2.41. The third kappa shape index (κ3) is 4.36. The number of hydrogen-bond donors (Lipinski definition) is 2. The van der Waals surface area contributed by atoms with Gasteiger partial charge >= 0.3 is 0 Å². The lowest BCUT2D eigenvalue weighted by atomic mass is 9.81. The molecule has 1 aromatic carbocycles. The zero-order valence-electron chi connectivity index (χ0n) is 15.1. The van der Waals surface area contributed by atoms with Crippen LogP contribution in [0.4, 0.5) is 14.5 Å². The topological polar surface area (TPSA) is 49.3 Å². The molecule has 2 aromatic rings. The van der Waals surface area contributed by atoms with Crippen molar-refractivity contribution in [3.05, 3.63) is 59.4 Å². The van der Waals surface area contributed by atoms with Crippen molar-refractivity contribution in [3.8, 4) is 0 Å². The molecule has 0 unspecified atom stereocenters. The molecule has 3 rings (SSSR count). The SMILES string of the molecule is CN=C(Nc1ccc(F)cc1)NC1CCC(c2ccnc(C)c2F)CC1. The Morgan fingerprint density at radius 1 is 1.08 bits per heavy atom. The first-order chi connectivity index (χ1) is 12.6. The summed E-state index contributed by atoms with van der Waals surface area (Å²) < 4.78 is 27.3. The van der Waals surface area contributed by atoms with E-state index in [2.05, 4.69) is 20.6 Å². The van der Waals surface area contributed by atoms with Crippen LogP contribution >= 0.6 is 0 Å². The van der Waals surface area contributed by atoms with E-state index in [4.69, 9.17) is 0 Å². The molecule has 4 nitrogen and oxygen atoms in total. The minimum absolute atomic E-state index is 0.169. The van der Waals surface area contributed by atoms with Crippen molar-refractivity contribution in [2.24, 2.45) is 4.99 Å². The molecule has 1 aromatic heterocycles. The number of guanidine groups is 1. The van der Waals surface area contributed by atoms with Gasteiger partial charge in [-0.3, -0.25) is 9.98 Å². The molecule has 26 heavy (non-hydrogen) atoms. The molecule has 138 valence electrons. The average molecular weight is 358 g/mol. The third-order valence-corrected chi connectivity index (χ3v) is 4.93. The number of anilines is 1. The number of aliphatic imine (C=N–C) groups is 1. The molecule has 1 aliphatic carbocycles. The molecule has 1 fully saturated rings. The molecule has 0 aliphatic heterocycles. The molecule has 0 amide bonds. The van der Waals surface area contributed by atoms with Crippen molar-refractivity contribution in [3.63, 3.8) is 0 Å². The van der Waals surface area contributed by atoms with Crippen molar-refractivity contribution in [1.29, 1.82) is 0 Å². The summed E-state index contributed by atoms with van der Waals surface area (Å²) in [6.45, 7) is 1.71. The largest absolute Gasteiger partial charge is 0.353 e. The molecular formula is C20H24F2N4. The molecule has 1 heterocycles. The highest BCUT2D eigenvalue weighted by Crippen LogP contribution is 2.34. The van der Waals surface area contributed by atoms with Gasteiger partial charge in [-0.05, 0) is 74.4 Å². The van der Waals surface area contributed by atoms with E-state index < -0.39 is 0 Å². The number of rotatable bonds is 3. The fourth-order valence-electron chi connectivity index (χ4n) is 3.45. The van der Waals surface area contributed by atoms with Crippen molar-refractivity contribution >= 4 is 11.6 Å². The molecule has 2 N–H and O–H groups in total. The Kier molecular flexibility index (Phi) is 5.81. The van der Waals surface area contributed by atoms with Crippen molar-refractivity contribution < 1.29 is 8.78 Å². The van der Waals surface area contributed by atoms with Gasteiger partial charge in [-0.25, -0.2) is 8.78 Å². The number of benzene rings is 1. The van der Waals surface area contributed by atoms with Gasteiger partial charge in [0.2, 0.25) is 0 Å². The second kappa shape index (κ2) is 8.25. The van der Waals surface area contributed by atoms with Gasteiger partial charge in [-0.15, -0.1) is 0 Å². The maximum Gasteiger partial charge on any atom is 0.195 e. The summed E-state index contributed by atoms with van der Waals surface area (Å²) in [5.74, 6) is 0.459. The Labute approximate surface area is 152 Å². The summed E-state index contributed by atoms with van der Waals surface area (Å²) in [6.07, 6.45) is 5.41. The van der Waals surface area contributed by atoms with E-state index in [0.717, 1.165) is 36.9 Å². The lowest BCUT2D eigenvalue weighted by Gasteiger charge is -2.30. The molecule has 1 saturated carbocycles. The zero-order chi connectivity index (χ0) is 18.5. The summed E-state index contributed by atoms with van der Waals surface area (Å²) in [7, 11) is 1.71. The number of hydrogen-bond acceptors (Lipinski definition) is 2. The molecular weight excluding hydrogens is 334 g/mol. The summed E-state index contributed by atoms with van der Waals surface area (Å²) in [5, 5.41) is 6.57. The van der Waals surface area contributed by atoms with Crippen molar-refractivity contribution in [2.75, 3.05) is 12.4 Å². The lowest BCUT2D eigenvalue weighted by molar-refractivity contribution is 0.366. The Morgan fingerprint density at radius 3 is 2.42 bits per heavy atom. The van der Waals surface area contributed by atoms with Gasteiger partial charge in [0.05, 0.1) is 5.69 Å². The minimum atomic E-state index is -0.268. The van der Waals surface area contributed by atoms with E-state index in [9.17, 15) is 8.78 Å². The van der Waals surface area contributed by atoms with Gasteiger partial charge in [-0.1, -0.05) is 0 Å². The van der Waals surface area contributed by atoms with E-state index in [-0.39, 0.29) is 23.6 Å². The van der Waals surface area contributed by atoms with Crippen LogP contribution in [0.5, 0.6) is 0 Å². The Morgan fingerprint density at radius 2 is 1.77 bits per heavy atom. The standard InChI is InChI=1S/C20H24F2N4/c1-13-19(22)18(11-12-24-13)14-3-7-16(8-4-14)25-20(23-2)26-17-9-5-15(21)6-10-17/h5-6,9-12,14,16H,3-4,7-8H2,1-2H3,(H2,23,25,26). The van der Waals surface area contributed by atoms with Gasteiger partial charge in [0.15, 0.2) is 5.96 Å². The number of halogens is 2. The Bertz CT molecular complexity index is 766. The maximum atomic E-state index is 14.3. The molecule has 6 heteroatoms. The van der Waals surface area contributed by atoms with Crippen LogP contribution in [0.3, 0.4) is 0 Å². The fraction of sp³-hybridized carbons (Fsp3) is 0.400. The van der Waals surface area contributed by atoms with Crippen LogP contribution in [0.1, 0.15) is 42.9 Å². The second-order valence-electron chi connectivity index (χ2n) is 6.70. The Balaban J connectivity index is 1.56. The van der Waals surface area contributed by atoms with Crippen molar-refractivity contribution in [2.45, 2.75) is 44.6 Å². The molecule has 0 saturated heterocycles. The monoisotopic (exact) mass is 358 g/mol. The maximum absolute atomic E-state index is 14.3. The quantitative estimate of drug-likeness (QED) is 0.632. The molecule has 0 bridgehead atoms. The van der Waals surface area contributed by atoms with E-state index in [1.807, 2.05) is 0 Å². The first-order valence-corrected chi connectivity index (χ1v) is 8.93. The summed E-state index contributed by atoms with van der Waals surface area (Å²) in [4.78, 5) is 8.25. The van der Waals surface area contributed by atoms with E-state index >= 15 is 0 Å². The number of pyridine rings is 1. The molecule has 0 radical (unpaired) electrons. The predicted molar refractivity (Wildman–Crippen MR) is 100 cm³/mol. The normalized spacial score (nSPS) is 20.7. The third-order valence-electron chi connectivity index (χ3n) is 4.93. The molecule has 0 spiro atoms. The molecule has 1 aliphatic rings. The summed E-state index contributed by atoms with van der Waals surface area (Å²) in [5.41, 5.74) is 2.03.